The fourth-order valence-electron chi connectivity index (χ4n) is 2.47. The van der Waals surface area contributed by atoms with E-state index in [9.17, 15) is 4.79 Å². The van der Waals surface area contributed by atoms with Crippen molar-refractivity contribution in [2.75, 3.05) is 26.8 Å². The molecule has 0 amide bonds. The molecule has 2 heterocycles. The normalized spacial score (nSPS) is 17.6. The summed E-state index contributed by atoms with van der Waals surface area (Å²) < 4.78 is 10.6. The fraction of sp³-hybridized carbons (Fsp3) is 0.571. The molecule has 0 saturated carbocycles. The second kappa shape index (κ2) is 5.76. The van der Waals surface area contributed by atoms with Crippen LogP contribution in [0.5, 0.6) is 5.75 Å². The maximum Gasteiger partial charge on any atom is 0.329 e. The van der Waals surface area contributed by atoms with Crippen molar-refractivity contribution in [3.63, 3.8) is 0 Å². The van der Waals surface area contributed by atoms with Crippen molar-refractivity contribution >= 4 is 5.97 Å². The number of nitrogens with zero attached hydrogens (tertiary/aromatic N) is 2. The van der Waals surface area contributed by atoms with Gasteiger partial charge in [-0.15, -0.1) is 0 Å². The van der Waals surface area contributed by atoms with E-state index in [1.54, 1.807) is 7.11 Å². The minimum atomic E-state index is -0.935. The van der Waals surface area contributed by atoms with Crippen LogP contribution in [0.15, 0.2) is 12.1 Å². The molecule has 1 aromatic rings. The molecule has 0 unspecified atom stereocenters. The number of aromatic nitrogens is 1. The molecule has 0 spiro atoms. The average molecular weight is 280 g/mol. The molecule has 1 saturated heterocycles. The summed E-state index contributed by atoms with van der Waals surface area (Å²) in [5.41, 5.74) is 1.50. The lowest BCUT2D eigenvalue weighted by Gasteiger charge is -2.47. The van der Waals surface area contributed by atoms with Gasteiger partial charge < -0.3 is 14.6 Å². The Hall–Kier alpha value is -1.66. The lowest BCUT2D eigenvalue weighted by molar-refractivity contribution is -0.165. The Balaban J connectivity index is 1.88. The van der Waals surface area contributed by atoms with Gasteiger partial charge in [-0.05, 0) is 13.8 Å². The van der Waals surface area contributed by atoms with Crippen molar-refractivity contribution in [2.24, 2.45) is 0 Å². The Bertz CT molecular complexity index is 498. The number of aryl methyl sites for hydroxylation is 1. The molecular formula is C14H20N2O4. The second-order valence-electron chi connectivity index (χ2n) is 5.42. The second-order valence-corrected chi connectivity index (χ2v) is 5.42. The van der Waals surface area contributed by atoms with E-state index in [2.05, 4.69) is 9.88 Å². The van der Waals surface area contributed by atoms with Crippen LogP contribution >= 0.6 is 0 Å². The Kier molecular flexibility index (Phi) is 4.25. The molecule has 1 aromatic heterocycles. The van der Waals surface area contributed by atoms with Crippen LogP contribution in [0.3, 0.4) is 0 Å². The zero-order chi connectivity index (χ0) is 14.8. The van der Waals surface area contributed by atoms with Crippen LogP contribution in [0.25, 0.3) is 0 Å². The van der Waals surface area contributed by atoms with Gasteiger partial charge in [-0.3, -0.25) is 9.88 Å². The van der Waals surface area contributed by atoms with Gasteiger partial charge in [0.1, 0.15) is 12.4 Å². The van der Waals surface area contributed by atoms with E-state index < -0.39 is 5.97 Å². The third-order valence-corrected chi connectivity index (χ3v) is 3.26. The van der Waals surface area contributed by atoms with Crippen LogP contribution in [0.1, 0.15) is 18.3 Å². The predicted octanol–water partition coefficient (Wildman–Crippen LogP) is 1.07. The van der Waals surface area contributed by atoms with E-state index in [4.69, 9.17) is 14.6 Å². The number of methoxy groups -OCH3 is 1. The van der Waals surface area contributed by atoms with Crippen LogP contribution in [0.2, 0.25) is 0 Å². The highest BCUT2D eigenvalue weighted by molar-refractivity contribution is 5.68. The van der Waals surface area contributed by atoms with E-state index in [0.717, 1.165) is 17.1 Å². The van der Waals surface area contributed by atoms with E-state index >= 15 is 0 Å². The maximum absolute atomic E-state index is 10.5. The Morgan fingerprint density at radius 3 is 2.80 bits per heavy atom. The molecule has 1 aliphatic heterocycles. The number of hydrogen-bond acceptors (Lipinski definition) is 5. The number of rotatable bonds is 6. The third-order valence-electron chi connectivity index (χ3n) is 3.26. The van der Waals surface area contributed by atoms with Crippen molar-refractivity contribution in [1.82, 2.24) is 9.88 Å². The molecule has 1 aliphatic rings. The standard InChI is InChI=1S/C14H20N2O4/c1-10-4-12(19-3)5-11(15-10)6-16-8-14(2,9-16)20-7-13(17)18/h4-5H,6-9H2,1-3H3,(H,17,18). The monoisotopic (exact) mass is 280 g/mol. The van der Waals surface area contributed by atoms with Gasteiger partial charge in [-0.25, -0.2) is 4.79 Å². The highest BCUT2D eigenvalue weighted by Crippen LogP contribution is 2.26. The molecule has 6 heteroatoms. The molecule has 1 N–H and O–H groups in total. The molecule has 0 bridgehead atoms. The molecular weight excluding hydrogens is 260 g/mol. The molecule has 0 radical (unpaired) electrons. The lowest BCUT2D eigenvalue weighted by Crippen LogP contribution is -2.61. The number of hydrogen-bond donors (Lipinski definition) is 1. The number of pyridine rings is 1. The molecule has 20 heavy (non-hydrogen) atoms. The summed E-state index contributed by atoms with van der Waals surface area (Å²) >= 11 is 0. The van der Waals surface area contributed by atoms with Gasteiger partial charge >= 0.3 is 5.97 Å². The lowest BCUT2D eigenvalue weighted by atomic mass is 9.96. The maximum atomic E-state index is 10.5. The Labute approximate surface area is 118 Å². The fourth-order valence-corrected chi connectivity index (χ4v) is 2.47. The third kappa shape index (κ3) is 3.68. The molecule has 110 valence electrons. The molecule has 1 fully saturated rings. The predicted molar refractivity (Wildman–Crippen MR) is 72.8 cm³/mol. The summed E-state index contributed by atoms with van der Waals surface area (Å²) in [6.45, 7) is 5.74. The summed E-state index contributed by atoms with van der Waals surface area (Å²) in [5.74, 6) is -0.132. The highest BCUT2D eigenvalue weighted by atomic mass is 16.5. The first kappa shape index (κ1) is 14.7. The van der Waals surface area contributed by atoms with Crippen LogP contribution in [-0.2, 0) is 16.1 Å². The van der Waals surface area contributed by atoms with Gasteiger partial charge in [0.05, 0.1) is 18.4 Å². The average Bonchev–Trinajstić information content (AvgIpc) is 2.33. The Morgan fingerprint density at radius 1 is 1.50 bits per heavy atom. The summed E-state index contributed by atoms with van der Waals surface area (Å²) in [6, 6.07) is 3.81. The summed E-state index contributed by atoms with van der Waals surface area (Å²) in [5, 5.41) is 8.62. The first-order chi connectivity index (χ1) is 9.40. The van der Waals surface area contributed by atoms with Gasteiger partial charge in [0.15, 0.2) is 0 Å². The van der Waals surface area contributed by atoms with E-state index in [0.29, 0.717) is 19.6 Å². The number of carboxylic acids is 1. The molecule has 0 aliphatic carbocycles. The van der Waals surface area contributed by atoms with Crippen LogP contribution in [0.4, 0.5) is 0 Å². The van der Waals surface area contributed by atoms with E-state index in [1.807, 2.05) is 26.0 Å². The minimum Gasteiger partial charge on any atom is -0.497 e. The van der Waals surface area contributed by atoms with E-state index in [1.165, 1.54) is 0 Å². The number of likely N-dealkylation sites (tertiary alicyclic amines) is 1. The van der Waals surface area contributed by atoms with Crippen molar-refractivity contribution in [2.45, 2.75) is 26.0 Å². The summed E-state index contributed by atoms with van der Waals surface area (Å²) in [4.78, 5) is 17.1. The first-order valence-electron chi connectivity index (χ1n) is 6.50. The van der Waals surface area contributed by atoms with Crippen molar-refractivity contribution in [1.29, 1.82) is 0 Å². The van der Waals surface area contributed by atoms with Gasteiger partial charge in [0.25, 0.3) is 0 Å². The molecule has 0 atom stereocenters. The van der Waals surface area contributed by atoms with Crippen molar-refractivity contribution in [3.05, 3.63) is 23.5 Å². The Morgan fingerprint density at radius 2 is 2.20 bits per heavy atom. The summed E-state index contributed by atoms with van der Waals surface area (Å²) in [6.07, 6.45) is 0. The smallest absolute Gasteiger partial charge is 0.329 e. The number of ether oxygens (including phenoxy) is 2. The minimum absolute atomic E-state index is 0.249. The zero-order valence-corrected chi connectivity index (χ0v) is 12.0. The SMILES string of the molecule is COc1cc(C)nc(CN2CC(C)(OCC(=O)O)C2)c1. The first-order valence-corrected chi connectivity index (χ1v) is 6.50. The van der Waals surface area contributed by atoms with Crippen molar-refractivity contribution in [3.8, 4) is 5.75 Å². The van der Waals surface area contributed by atoms with Crippen LogP contribution < -0.4 is 4.74 Å². The van der Waals surface area contributed by atoms with E-state index in [-0.39, 0.29) is 12.2 Å². The van der Waals surface area contributed by atoms with Gasteiger partial charge in [0.2, 0.25) is 0 Å². The van der Waals surface area contributed by atoms with Gasteiger partial charge in [-0.2, -0.15) is 0 Å². The van der Waals surface area contributed by atoms with Gasteiger partial charge in [-0.1, -0.05) is 0 Å². The number of carbonyl (C=O) groups is 1. The zero-order valence-electron chi connectivity index (χ0n) is 12.0. The number of aliphatic carboxylic acids is 1. The molecule has 0 aromatic carbocycles. The number of carboxylic acid groups (broad SMARTS) is 1. The van der Waals surface area contributed by atoms with Crippen molar-refractivity contribution < 1.29 is 19.4 Å². The molecule has 2 rings (SSSR count). The van der Waals surface area contributed by atoms with Gasteiger partial charge in [0, 0.05) is 37.5 Å². The van der Waals surface area contributed by atoms with Crippen LogP contribution in [0, 0.1) is 6.92 Å². The summed E-state index contributed by atoms with van der Waals surface area (Å²) in [7, 11) is 1.64. The topological polar surface area (TPSA) is 71.9 Å². The van der Waals surface area contributed by atoms with Crippen LogP contribution in [-0.4, -0.2) is 53.4 Å². The highest BCUT2D eigenvalue weighted by Gasteiger charge is 2.40. The largest absolute Gasteiger partial charge is 0.497 e. The molecule has 6 nitrogen and oxygen atoms in total. The quantitative estimate of drug-likeness (QED) is 0.840.